The van der Waals surface area contributed by atoms with Crippen LogP contribution in [0.2, 0.25) is 0 Å². The summed E-state index contributed by atoms with van der Waals surface area (Å²) in [5, 5.41) is 0.724. The van der Waals surface area contributed by atoms with Gasteiger partial charge in [0.25, 0.3) is 0 Å². The summed E-state index contributed by atoms with van der Waals surface area (Å²) in [6, 6.07) is 7.18. The molecule has 0 aliphatic carbocycles. The Labute approximate surface area is 155 Å². The van der Waals surface area contributed by atoms with E-state index in [4.69, 9.17) is 0 Å². The zero-order valence-electron chi connectivity index (χ0n) is 14.9. The maximum absolute atomic E-state index is 12.7. The molecule has 2 aromatic heterocycles. The van der Waals surface area contributed by atoms with E-state index in [-0.39, 0.29) is 0 Å². The summed E-state index contributed by atoms with van der Waals surface area (Å²) in [6.45, 7) is 4.15. The fourth-order valence-corrected chi connectivity index (χ4v) is 3.93. The lowest BCUT2D eigenvalue weighted by molar-refractivity contribution is -0.137. The number of nitrogens with zero attached hydrogens (tertiary/aromatic N) is 2. The van der Waals surface area contributed by atoms with Crippen LogP contribution < -0.4 is 0 Å². The van der Waals surface area contributed by atoms with Crippen molar-refractivity contribution >= 4 is 21.6 Å². The number of hydrogen-bond donors (Lipinski definition) is 0. The van der Waals surface area contributed by atoms with Gasteiger partial charge in [0.05, 0.1) is 21.5 Å². The maximum Gasteiger partial charge on any atom is 0.416 e. The molecule has 0 fully saturated rings. The van der Waals surface area contributed by atoms with E-state index in [0.717, 1.165) is 51.6 Å². The van der Waals surface area contributed by atoms with E-state index >= 15 is 0 Å². The Bertz CT molecular complexity index is 882. The molecule has 0 unspecified atom stereocenters. The molecule has 0 bridgehead atoms. The van der Waals surface area contributed by atoms with Gasteiger partial charge >= 0.3 is 6.18 Å². The quantitative estimate of drug-likeness (QED) is 0.440. The number of unbranched alkanes of at least 4 members (excludes halogenated alkanes) is 3. The predicted molar refractivity (Wildman–Crippen MR) is 100 cm³/mol. The summed E-state index contributed by atoms with van der Waals surface area (Å²) < 4.78 is 39.1. The largest absolute Gasteiger partial charge is 0.416 e. The lowest BCUT2D eigenvalue weighted by Gasteiger charge is -2.06. The first-order valence-corrected chi connectivity index (χ1v) is 9.65. The summed E-state index contributed by atoms with van der Waals surface area (Å²) >= 11 is 1.48. The fourth-order valence-electron chi connectivity index (χ4n) is 2.93. The van der Waals surface area contributed by atoms with Gasteiger partial charge in [-0.2, -0.15) is 13.2 Å². The number of benzene rings is 1. The third-order valence-electron chi connectivity index (χ3n) is 4.34. The molecule has 3 rings (SSSR count). The van der Waals surface area contributed by atoms with E-state index < -0.39 is 11.7 Å². The molecule has 0 atom stereocenters. The third kappa shape index (κ3) is 4.23. The van der Waals surface area contributed by atoms with Crippen molar-refractivity contribution in [3.05, 3.63) is 47.3 Å². The number of aromatic nitrogens is 2. The van der Waals surface area contributed by atoms with Crippen LogP contribution in [0.15, 0.2) is 30.3 Å². The number of fused-ring (bicyclic) bond motifs is 1. The van der Waals surface area contributed by atoms with Crippen LogP contribution >= 0.6 is 11.3 Å². The van der Waals surface area contributed by atoms with Crippen LogP contribution in [0.3, 0.4) is 0 Å². The molecule has 0 spiro atoms. The Kier molecular flexibility index (Phi) is 5.61. The summed E-state index contributed by atoms with van der Waals surface area (Å²) in [5.74, 6) is 0. The van der Waals surface area contributed by atoms with Crippen LogP contribution in [-0.2, 0) is 12.6 Å². The number of rotatable bonds is 6. The van der Waals surface area contributed by atoms with Crippen molar-refractivity contribution in [1.82, 2.24) is 9.97 Å². The van der Waals surface area contributed by atoms with Crippen LogP contribution in [0.25, 0.3) is 20.8 Å². The summed E-state index contributed by atoms with van der Waals surface area (Å²) in [5.41, 5.74) is 2.90. The molecule has 6 heteroatoms. The standard InChI is InChI=1S/C20H21F3N2S/c1-3-4-5-6-7-16-12-17-18(13(2)24-16)26-19(25-17)14-8-10-15(11-9-14)20(21,22)23/h8-12H,3-7H2,1-2H3. The van der Waals surface area contributed by atoms with E-state index in [1.165, 1.54) is 42.7 Å². The van der Waals surface area contributed by atoms with Gasteiger partial charge in [0, 0.05) is 11.3 Å². The second kappa shape index (κ2) is 7.74. The lowest BCUT2D eigenvalue weighted by atomic mass is 10.1. The molecule has 2 heterocycles. The van der Waals surface area contributed by atoms with Crippen molar-refractivity contribution in [2.75, 3.05) is 0 Å². The van der Waals surface area contributed by atoms with Crippen LogP contribution in [0.1, 0.15) is 49.6 Å². The number of thiazole rings is 1. The topological polar surface area (TPSA) is 25.8 Å². The lowest BCUT2D eigenvalue weighted by Crippen LogP contribution is -2.03. The zero-order chi connectivity index (χ0) is 18.7. The van der Waals surface area contributed by atoms with Gasteiger partial charge in [-0.1, -0.05) is 38.3 Å². The Morgan fingerprint density at radius 1 is 1.00 bits per heavy atom. The highest BCUT2D eigenvalue weighted by molar-refractivity contribution is 7.21. The normalized spacial score (nSPS) is 12.0. The van der Waals surface area contributed by atoms with E-state index in [0.29, 0.717) is 5.56 Å². The van der Waals surface area contributed by atoms with Gasteiger partial charge in [0.1, 0.15) is 5.01 Å². The number of pyridine rings is 1. The van der Waals surface area contributed by atoms with E-state index in [1.54, 1.807) is 0 Å². The minimum absolute atomic E-state index is 0.644. The van der Waals surface area contributed by atoms with Gasteiger partial charge in [0.2, 0.25) is 0 Å². The molecule has 0 radical (unpaired) electrons. The Balaban J connectivity index is 1.85. The molecule has 3 aromatic rings. The zero-order valence-corrected chi connectivity index (χ0v) is 15.7. The molecular weight excluding hydrogens is 357 g/mol. The van der Waals surface area contributed by atoms with Crippen molar-refractivity contribution in [2.24, 2.45) is 0 Å². The predicted octanol–water partition coefficient (Wildman–Crippen LogP) is 6.81. The fraction of sp³-hybridized carbons (Fsp3) is 0.400. The van der Waals surface area contributed by atoms with Crippen LogP contribution in [0, 0.1) is 6.92 Å². The summed E-state index contributed by atoms with van der Waals surface area (Å²) in [7, 11) is 0. The number of hydrogen-bond acceptors (Lipinski definition) is 3. The van der Waals surface area contributed by atoms with Crippen LogP contribution in [0.4, 0.5) is 13.2 Å². The molecule has 0 amide bonds. The second-order valence-electron chi connectivity index (χ2n) is 6.45. The molecule has 1 aromatic carbocycles. The van der Waals surface area contributed by atoms with Gasteiger partial charge in [-0.05, 0) is 38.0 Å². The highest BCUT2D eigenvalue weighted by Crippen LogP contribution is 2.34. The van der Waals surface area contributed by atoms with Gasteiger partial charge in [0.15, 0.2) is 0 Å². The number of alkyl halides is 3. The Hall–Kier alpha value is -1.95. The number of aryl methyl sites for hydroxylation is 2. The summed E-state index contributed by atoms with van der Waals surface area (Å²) in [6.07, 6.45) is 1.36. The first kappa shape index (κ1) is 18.8. The molecule has 138 valence electrons. The molecule has 0 saturated carbocycles. The molecule has 0 saturated heterocycles. The third-order valence-corrected chi connectivity index (χ3v) is 5.57. The average molecular weight is 378 g/mol. The van der Waals surface area contributed by atoms with Gasteiger partial charge in [-0.3, -0.25) is 4.98 Å². The molecule has 0 aliphatic heterocycles. The SMILES string of the molecule is CCCCCCc1cc2nc(-c3ccc(C(F)(F)F)cc3)sc2c(C)n1. The van der Waals surface area contributed by atoms with E-state index in [2.05, 4.69) is 16.9 Å². The molecule has 26 heavy (non-hydrogen) atoms. The van der Waals surface area contributed by atoms with Gasteiger partial charge in [-0.25, -0.2) is 4.98 Å². The summed E-state index contributed by atoms with van der Waals surface area (Å²) in [4.78, 5) is 9.31. The Morgan fingerprint density at radius 2 is 1.73 bits per heavy atom. The molecule has 0 N–H and O–H groups in total. The number of halogens is 3. The first-order chi connectivity index (χ1) is 12.4. The molecule has 2 nitrogen and oxygen atoms in total. The van der Waals surface area contributed by atoms with E-state index in [9.17, 15) is 13.2 Å². The monoisotopic (exact) mass is 378 g/mol. The Morgan fingerprint density at radius 3 is 2.38 bits per heavy atom. The smallest absolute Gasteiger partial charge is 0.257 e. The van der Waals surface area contributed by atoms with Crippen LogP contribution in [-0.4, -0.2) is 9.97 Å². The molecular formula is C20H21F3N2S. The van der Waals surface area contributed by atoms with Crippen molar-refractivity contribution < 1.29 is 13.2 Å². The highest BCUT2D eigenvalue weighted by Gasteiger charge is 2.30. The highest BCUT2D eigenvalue weighted by atomic mass is 32.1. The minimum Gasteiger partial charge on any atom is -0.257 e. The van der Waals surface area contributed by atoms with Gasteiger partial charge in [-0.15, -0.1) is 11.3 Å². The first-order valence-electron chi connectivity index (χ1n) is 8.83. The van der Waals surface area contributed by atoms with Gasteiger partial charge < -0.3 is 0 Å². The molecule has 0 aliphatic rings. The maximum atomic E-state index is 12.7. The van der Waals surface area contributed by atoms with Crippen molar-refractivity contribution in [1.29, 1.82) is 0 Å². The average Bonchev–Trinajstić information content (AvgIpc) is 3.03. The van der Waals surface area contributed by atoms with Crippen molar-refractivity contribution in [3.8, 4) is 10.6 Å². The van der Waals surface area contributed by atoms with Crippen molar-refractivity contribution in [2.45, 2.75) is 52.1 Å². The van der Waals surface area contributed by atoms with E-state index in [1.807, 2.05) is 13.0 Å². The minimum atomic E-state index is -4.32. The second-order valence-corrected chi connectivity index (χ2v) is 7.45. The van der Waals surface area contributed by atoms with Crippen molar-refractivity contribution in [3.63, 3.8) is 0 Å². The van der Waals surface area contributed by atoms with Crippen LogP contribution in [0.5, 0.6) is 0 Å².